The number of nitrogens with two attached hydrogens (primary N) is 1. The van der Waals surface area contributed by atoms with Gasteiger partial charge >= 0.3 is 0 Å². The van der Waals surface area contributed by atoms with E-state index in [1.165, 1.54) is 12.4 Å². The number of hydrogen-bond acceptors (Lipinski definition) is 6. The van der Waals surface area contributed by atoms with Gasteiger partial charge in [-0.3, -0.25) is 15.2 Å². The van der Waals surface area contributed by atoms with E-state index in [0.29, 0.717) is 22.8 Å². The third kappa shape index (κ3) is 2.67. The number of carbonyl (C=O) groups is 1. The van der Waals surface area contributed by atoms with Crippen LogP contribution in [0, 0.1) is 0 Å². The SMILES string of the molecule is COc1ccc(-c2cncc(C(=O)NN)n2)c(OC)c1. The minimum absolute atomic E-state index is 0.128. The van der Waals surface area contributed by atoms with Crippen molar-refractivity contribution in [1.82, 2.24) is 15.4 Å². The van der Waals surface area contributed by atoms with Crippen molar-refractivity contribution in [2.24, 2.45) is 5.84 Å². The Morgan fingerprint density at radius 1 is 1.25 bits per heavy atom. The van der Waals surface area contributed by atoms with Gasteiger partial charge in [0.2, 0.25) is 0 Å². The van der Waals surface area contributed by atoms with E-state index in [1.54, 1.807) is 32.4 Å². The normalized spacial score (nSPS) is 9.95. The molecule has 1 aromatic carbocycles. The van der Waals surface area contributed by atoms with Gasteiger partial charge in [0.1, 0.15) is 17.2 Å². The molecule has 7 nitrogen and oxygen atoms in total. The Hall–Kier alpha value is -2.67. The van der Waals surface area contributed by atoms with Crippen molar-refractivity contribution in [3.63, 3.8) is 0 Å². The predicted molar refractivity (Wildman–Crippen MR) is 72.2 cm³/mol. The lowest BCUT2D eigenvalue weighted by Gasteiger charge is -2.10. The van der Waals surface area contributed by atoms with Crippen LogP contribution in [0.3, 0.4) is 0 Å². The van der Waals surface area contributed by atoms with Crippen molar-refractivity contribution in [3.05, 3.63) is 36.3 Å². The largest absolute Gasteiger partial charge is 0.497 e. The fourth-order valence-corrected chi connectivity index (χ4v) is 1.69. The number of methoxy groups -OCH3 is 2. The zero-order chi connectivity index (χ0) is 14.5. The molecule has 20 heavy (non-hydrogen) atoms. The van der Waals surface area contributed by atoms with Gasteiger partial charge in [-0.15, -0.1) is 0 Å². The molecule has 0 saturated carbocycles. The van der Waals surface area contributed by atoms with Gasteiger partial charge in [0.25, 0.3) is 5.91 Å². The Morgan fingerprint density at radius 2 is 2.05 bits per heavy atom. The molecule has 0 fully saturated rings. The lowest BCUT2D eigenvalue weighted by atomic mass is 10.1. The lowest BCUT2D eigenvalue weighted by Crippen LogP contribution is -2.30. The van der Waals surface area contributed by atoms with E-state index in [4.69, 9.17) is 15.3 Å². The van der Waals surface area contributed by atoms with Gasteiger partial charge in [0, 0.05) is 11.6 Å². The van der Waals surface area contributed by atoms with Gasteiger partial charge in [0.05, 0.1) is 32.3 Å². The Balaban J connectivity index is 2.48. The number of ether oxygens (including phenoxy) is 2. The number of nitrogen functional groups attached to an aromatic ring is 1. The summed E-state index contributed by atoms with van der Waals surface area (Å²) in [5.74, 6) is 5.81. The molecular formula is C13H14N4O3. The maximum absolute atomic E-state index is 11.5. The summed E-state index contributed by atoms with van der Waals surface area (Å²) in [6.07, 6.45) is 2.87. The molecule has 0 aliphatic rings. The molecule has 0 bridgehead atoms. The van der Waals surface area contributed by atoms with E-state index >= 15 is 0 Å². The number of amides is 1. The first kappa shape index (κ1) is 13.8. The average molecular weight is 274 g/mol. The van der Waals surface area contributed by atoms with Crippen LogP contribution in [-0.2, 0) is 0 Å². The Morgan fingerprint density at radius 3 is 2.70 bits per heavy atom. The van der Waals surface area contributed by atoms with Gasteiger partial charge in [-0.1, -0.05) is 0 Å². The average Bonchev–Trinajstić information content (AvgIpc) is 2.53. The first-order valence-electron chi connectivity index (χ1n) is 5.75. The van der Waals surface area contributed by atoms with Crippen molar-refractivity contribution >= 4 is 5.91 Å². The summed E-state index contributed by atoms with van der Waals surface area (Å²) >= 11 is 0. The molecular weight excluding hydrogens is 260 g/mol. The van der Waals surface area contributed by atoms with Crippen LogP contribution in [0.25, 0.3) is 11.3 Å². The molecule has 1 heterocycles. The quantitative estimate of drug-likeness (QED) is 0.485. The molecule has 2 aromatic rings. The molecule has 0 unspecified atom stereocenters. The van der Waals surface area contributed by atoms with Crippen LogP contribution >= 0.6 is 0 Å². The Kier molecular flexibility index (Phi) is 4.11. The minimum Gasteiger partial charge on any atom is -0.497 e. The summed E-state index contributed by atoms with van der Waals surface area (Å²) in [5.41, 5.74) is 3.35. The second-order valence-electron chi connectivity index (χ2n) is 3.83. The number of hydrazine groups is 1. The fourth-order valence-electron chi connectivity index (χ4n) is 1.69. The summed E-state index contributed by atoms with van der Waals surface area (Å²) < 4.78 is 10.4. The molecule has 0 radical (unpaired) electrons. The topological polar surface area (TPSA) is 99.4 Å². The standard InChI is InChI=1S/C13H14N4O3/c1-19-8-3-4-9(12(5-8)20-2)10-6-15-7-11(16-10)13(18)17-14/h3-7H,14H2,1-2H3,(H,17,18). The molecule has 104 valence electrons. The fraction of sp³-hybridized carbons (Fsp3) is 0.154. The highest BCUT2D eigenvalue weighted by Crippen LogP contribution is 2.31. The molecule has 7 heteroatoms. The first-order valence-corrected chi connectivity index (χ1v) is 5.75. The number of benzene rings is 1. The van der Waals surface area contributed by atoms with Crippen LogP contribution in [0.2, 0.25) is 0 Å². The van der Waals surface area contributed by atoms with Crippen molar-refractivity contribution in [3.8, 4) is 22.8 Å². The van der Waals surface area contributed by atoms with Gasteiger partial charge in [-0.05, 0) is 12.1 Å². The maximum Gasteiger partial charge on any atom is 0.285 e. The van der Waals surface area contributed by atoms with E-state index in [0.717, 1.165) is 0 Å². The Bertz CT molecular complexity index is 631. The zero-order valence-corrected chi connectivity index (χ0v) is 11.1. The maximum atomic E-state index is 11.5. The van der Waals surface area contributed by atoms with Crippen LogP contribution in [0.1, 0.15) is 10.5 Å². The molecule has 0 aliphatic heterocycles. The van der Waals surface area contributed by atoms with Crippen molar-refractivity contribution < 1.29 is 14.3 Å². The van der Waals surface area contributed by atoms with Gasteiger partial charge in [0.15, 0.2) is 0 Å². The molecule has 0 spiro atoms. The van der Waals surface area contributed by atoms with E-state index in [9.17, 15) is 4.79 Å². The van der Waals surface area contributed by atoms with Crippen LogP contribution < -0.4 is 20.7 Å². The Labute approximate surface area is 115 Å². The summed E-state index contributed by atoms with van der Waals surface area (Å²) in [6.45, 7) is 0. The van der Waals surface area contributed by atoms with Crippen molar-refractivity contribution in [2.75, 3.05) is 14.2 Å². The molecule has 3 N–H and O–H groups in total. The number of rotatable bonds is 4. The molecule has 1 amide bonds. The highest BCUT2D eigenvalue weighted by molar-refractivity contribution is 5.92. The minimum atomic E-state index is -0.508. The summed E-state index contributed by atoms with van der Waals surface area (Å²) in [6, 6.07) is 5.29. The monoisotopic (exact) mass is 274 g/mol. The zero-order valence-electron chi connectivity index (χ0n) is 11.1. The van der Waals surface area contributed by atoms with Crippen LogP contribution in [0.15, 0.2) is 30.6 Å². The number of carbonyl (C=O) groups excluding carboxylic acids is 1. The van der Waals surface area contributed by atoms with Crippen LogP contribution in [-0.4, -0.2) is 30.1 Å². The predicted octanol–water partition coefficient (Wildman–Crippen LogP) is 0.764. The van der Waals surface area contributed by atoms with Crippen LogP contribution in [0.4, 0.5) is 0 Å². The van der Waals surface area contributed by atoms with Crippen molar-refractivity contribution in [2.45, 2.75) is 0 Å². The van der Waals surface area contributed by atoms with Gasteiger partial charge in [-0.25, -0.2) is 10.8 Å². The molecule has 1 aromatic heterocycles. The second kappa shape index (κ2) is 5.98. The van der Waals surface area contributed by atoms with E-state index in [2.05, 4.69) is 9.97 Å². The highest BCUT2D eigenvalue weighted by Gasteiger charge is 2.12. The van der Waals surface area contributed by atoms with Crippen LogP contribution in [0.5, 0.6) is 11.5 Å². The van der Waals surface area contributed by atoms with E-state index < -0.39 is 5.91 Å². The van der Waals surface area contributed by atoms with E-state index in [1.807, 2.05) is 5.43 Å². The number of nitrogens with one attached hydrogen (secondary N) is 1. The number of hydrogen-bond donors (Lipinski definition) is 2. The molecule has 0 atom stereocenters. The molecule has 0 aliphatic carbocycles. The summed E-state index contributed by atoms with van der Waals surface area (Å²) in [7, 11) is 3.11. The van der Waals surface area contributed by atoms with Gasteiger partial charge < -0.3 is 9.47 Å². The molecule has 2 rings (SSSR count). The lowest BCUT2D eigenvalue weighted by molar-refractivity contribution is 0.0948. The van der Waals surface area contributed by atoms with E-state index in [-0.39, 0.29) is 5.69 Å². The number of nitrogens with zero attached hydrogens (tertiary/aromatic N) is 2. The highest BCUT2D eigenvalue weighted by atomic mass is 16.5. The van der Waals surface area contributed by atoms with Gasteiger partial charge in [-0.2, -0.15) is 0 Å². The third-order valence-electron chi connectivity index (χ3n) is 2.68. The van der Waals surface area contributed by atoms with Crippen molar-refractivity contribution in [1.29, 1.82) is 0 Å². The third-order valence-corrected chi connectivity index (χ3v) is 2.68. The summed E-state index contributed by atoms with van der Waals surface area (Å²) in [5, 5.41) is 0. The number of aromatic nitrogens is 2. The first-order chi connectivity index (χ1) is 9.69. The second-order valence-corrected chi connectivity index (χ2v) is 3.83. The molecule has 0 saturated heterocycles. The smallest absolute Gasteiger partial charge is 0.285 e. The summed E-state index contributed by atoms with van der Waals surface area (Å²) in [4.78, 5) is 19.6.